The van der Waals surface area contributed by atoms with Gasteiger partial charge in [-0.15, -0.1) is 0 Å². The molecule has 5 nitrogen and oxygen atoms in total. The molecule has 2 aliphatic rings. The van der Waals surface area contributed by atoms with Gasteiger partial charge < -0.3 is 15.1 Å². The zero-order chi connectivity index (χ0) is 21.7. The number of nitrogens with zero attached hydrogens (tertiary/aromatic N) is 2. The van der Waals surface area contributed by atoms with Crippen molar-refractivity contribution in [3.63, 3.8) is 0 Å². The minimum atomic E-state index is -0.436. The summed E-state index contributed by atoms with van der Waals surface area (Å²) >= 11 is 12.8. The lowest BCUT2D eigenvalue weighted by molar-refractivity contribution is 0.295. The SMILES string of the molecule is CN1Cc2c(Cl)cc(Cl)cc2C(c2cccc(Nc3c(N4CCCC4)c(=O)c3=O)c2)C1. The van der Waals surface area contributed by atoms with Crippen LogP contribution in [0.4, 0.5) is 17.1 Å². The normalized spacial score (nSPS) is 19.1. The van der Waals surface area contributed by atoms with Gasteiger partial charge in [0.05, 0.1) is 0 Å². The van der Waals surface area contributed by atoms with Crippen molar-refractivity contribution in [3.8, 4) is 0 Å². The van der Waals surface area contributed by atoms with Crippen molar-refractivity contribution >= 4 is 40.3 Å². The number of halogens is 2. The molecule has 0 aliphatic carbocycles. The Morgan fingerprint density at radius 1 is 1.03 bits per heavy atom. The number of fused-ring (bicyclic) bond motifs is 1. The summed E-state index contributed by atoms with van der Waals surface area (Å²) < 4.78 is 0. The fourth-order valence-electron chi connectivity index (χ4n) is 4.85. The molecule has 3 aromatic rings. The lowest BCUT2D eigenvalue weighted by atomic mass is 9.84. The first kappa shape index (κ1) is 20.6. The Morgan fingerprint density at radius 2 is 1.81 bits per heavy atom. The molecular weight excluding hydrogens is 433 g/mol. The van der Waals surface area contributed by atoms with Gasteiger partial charge >= 0.3 is 0 Å². The first-order valence-electron chi connectivity index (χ1n) is 10.5. The molecule has 1 unspecified atom stereocenters. The average Bonchev–Trinajstić information content (AvgIpc) is 3.27. The maximum Gasteiger partial charge on any atom is 0.253 e. The largest absolute Gasteiger partial charge is 0.366 e. The van der Waals surface area contributed by atoms with Gasteiger partial charge in [0.25, 0.3) is 10.9 Å². The second kappa shape index (κ2) is 7.97. The lowest BCUT2D eigenvalue weighted by Gasteiger charge is -2.33. The molecule has 1 atom stereocenters. The lowest BCUT2D eigenvalue weighted by Crippen LogP contribution is -2.41. The smallest absolute Gasteiger partial charge is 0.253 e. The fraction of sp³-hybridized carbons (Fsp3) is 0.333. The van der Waals surface area contributed by atoms with E-state index in [-0.39, 0.29) is 11.3 Å². The summed E-state index contributed by atoms with van der Waals surface area (Å²) in [7, 11) is 2.08. The van der Waals surface area contributed by atoms with Gasteiger partial charge in [-0.05, 0) is 60.8 Å². The number of anilines is 3. The summed E-state index contributed by atoms with van der Waals surface area (Å²) in [5.41, 5.74) is 4.28. The van der Waals surface area contributed by atoms with Gasteiger partial charge in [-0.2, -0.15) is 0 Å². The molecule has 0 bridgehead atoms. The van der Waals surface area contributed by atoms with E-state index in [9.17, 15) is 9.59 Å². The highest BCUT2D eigenvalue weighted by Gasteiger charge is 2.29. The molecule has 3 aromatic carbocycles. The van der Waals surface area contributed by atoms with Crippen LogP contribution in [0.3, 0.4) is 0 Å². The van der Waals surface area contributed by atoms with E-state index < -0.39 is 5.43 Å². The minimum absolute atomic E-state index is 0.109. The van der Waals surface area contributed by atoms with Crippen molar-refractivity contribution in [3.05, 3.63) is 83.6 Å². The Balaban J connectivity index is 1.49. The summed E-state index contributed by atoms with van der Waals surface area (Å²) in [6, 6.07) is 11.8. The maximum atomic E-state index is 12.3. The van der Waals surface area contributed by atoms with E-state index in [0.29, 0.717) is 21.4 Å². The molecule has 160 valence electrons. The van der Waals surface area contributed by atoms with Gasteiger partial charge in [-0.3, -0.25) is 9.59 Å². The number of nitrogens with one attached hydrogen (secondary N) is 1. The van der Waals surface area contributed by atoms with Crippen LogP contribution in [0.2, 0.25) is 10.0 Å². The number of hydrogen-bond acceptors (Lipinski definition) is 5. The fourth-order valence-corrected chi connectivity index (χ4v) is 5.42. The third kappa shape index (κ3) is 3.65. The summed E-state index contributed by atoms with van der Waals surface area (Å²) in [5.74, 6) is 0.109. The molecule has 0 amide bonds. The molecule has 2 aliphatic heterocycles. The van der Waals surface area contributed by atoms with Crippen molar-refractivity contribution < 1.29 is 0 Å². The van der Waals surface area contributed by atoms with Crippen molar-refractivity contribution in [2.45, 2.75) is 25.3 Å². The molecular formula is C24H23Cl2N3O2. The van der Waals surface area contributed by atoms with Crippen molar-refractivity contribution in [1.29, 1.82) is 0 Å². The van der Waals surface area contributed by atoms with Crippen LogP contribution < -0.4 is 21.1 Å². The Kier molecular flexibility index (Phi) is 5.29. The summed E-state index contributed by atoms with van der Waals surface area (Å²) in [4.78, 5) is 28.7. The van der Waals surface area contributed by atoms with E-state index in [1.54, 1.807) is 6.07 Å². The molecule has 5 rings (SSSR count). The zero-order valence-electron chi connectivity index (χ0n) is 17.3. The predicted octanol–water partition coefficient (Wildman–Crippen LogP) is 4.51. The Bertz CT molecular complexity index is 1230. The molecule has 2 heterocycles. The maximum absolute atomic E-state index is 12.3. The highest BCUT2D eigenvalue weighted by atomic mass is 35.5. The van der Waals surface area contributed by atoms with Crippen molar-refractivity contribution in [2.75, 3.05) is 36.9 Å². The van der Waals surface area contributed by atoms with E-state index >= 15 is 0 Å². The molecule has 31 heavy (non-hydrogen) atoms. The zero-order valence-corrected chi connectivity index (χ0v) is 18.8. The van der Waals surface area contributed by atoms with Crippen LogP contribution in [0.25, 0.3) is 0 Å². The van der Waals surface area contributed by atoms with Crippen LogP contribution in [0.15, 0.2) is 46.0 Å². The Labute approximate surface area is 190 Å². The van der Waals surface area contributed by atoms with Crippen LogP contribution in [-0.2, 0) is 6.54 Å². The molecule has 7 heteroatoms. The van der Waals surface area contributed by atoms with Crippen molar-refractivity contribution in [1.82, 2.24) is 4.90 Å². The molecule has 0 aromatic heterocycles. The van der Waals surface area contributed by atoms with Gasteiger partial charge in [0.2, 0.25) is 0 Å². The third-order valence-corrected chi connectivity index (χ3v) is 6.91. The van der Waals surface area contributed by atoms with Crippen LogP contribution in [-0.4, -0.2) is 31.6 Å². The Hall–Kier alpha value is -2.34. The number of benzene rings is 2. The quantitative estimate of drug-likeness (QED) is 0.586. The highest BCUT2D eigenvalue weighted by Crippen LogP contribution is 2.39. The molecule has 0 radical (unpaired) electrons. The van der Waals surface area contributed by atoms with Crippen LogP contribution >= 0.6 is 23.2 Å². The summed E-state index contributed by atoms with van der Waals surface area (Å²) in [5, 5.41) is 4.54. The first-order valence-corrected chi connectivity index (χ1v) is 11.3. The van der Waals surface area contributed by atoms with Gasteiger partial charge in [0.1, 0.15) is 11.4 Å². The third-order valence-electron chi connectivity index (χ3n) is 6.36. The molecule has 1 fully saturated rings. The van der Waals surface area contributed by atoms with Gasteiger partial charge in [0, 0.05) is 47.8 Å². The molecule has 1 saturated heterocycles. The average molecular weight is 456 g/mol. The number of likely N-dealkylation sites (N-methyl/N-ethyl adjacent to an activating group) is 1. The van der Waals surface area contributed by atoms with Crippen LogP contribution in [0.1, 0.15) is 35.4 Å². The second-order valence-corrected chi connectivity index (χ2v) is 9.37. The number of rotatable bonds is 4. The van der Waals surface area contributed by atoms with E-state index in [2.05, 4.69) is 23.3 Å². The van der Waals surface area contributed by atoms with E-state index in [0.717, 1.165) is 61.4 Å². The van der Waals surface area contributed by atoms with Crippen LogP contribution in [0.5, 0.6) is 0 Å². The van der Waals surface area contributed by atoms with Gasteiger partial charge in [0.15, 0.2) is 0 Å². The second-order valence-electron chi connectivity index (χ2n) is 8.53. The summed E-state index contributed by atoms with van der Waals surface area (Å²) in [6.45, 7) is 3.27. The van der Waals surface area contributed by atoms with Crippen LogP contribution in [0, 0.1) is 0 Å². The van der Waals surface area contributed by atoms with Gasteiger partial charge in [-0.1, -0.05) is 35.3 Å². The Morgan fingerprint density at radius 3 is 2.58 bits per heavy atom. The molecule has 0 saturated carbocycles. The first-order chi connectivity index (χ1) is 14.9. The summed E-state index contributed by atoms with van der Waals surface area (Å²) in [6.07, 6.45) is 2.10. The van der Waals surface area contributed by atoms with Crippen molar-refractivity contribution in [2.24, 2.45) is 0 Å². The topological polar surface area (TPSA) is 52.6 Å². The molecule has 0 spiro atoms. The van der Waals surface area contributed by atoms with E-state index in [4.69, 9.17) is 23.2 Å². The van der Waals surface area contributed by atoms with E-state index in [1.807, 2.05) is 29.2 Å². The number of hydrogen-bond donors (Lipinski definition) is 1. The van der Waals surface area contributed by atoms with Gasteiger partial charge in [-0.25, -0.2) is 0 Å². The standard InChI is InChI=1S/C24H23Cl2N3O2/c1-28-12-18(17-10-15(25)11-20(26)19(17)13-28)14-5-4-6-16(9-14)27-21-22(24(31)23(21)30)29-7-2-3-8-29/h4-6,9-11,18,27H,2-3,7-8,12-13H2,1H3. The highest BCUT2D eigenvalue weighted by molar-refractivity contribution is 6.35. The predicted molar refractivity (Wildman–Crippen MR) is 127 cm³/mol. The monoisotopic (exact) mass is 455 g/mol. The minimum Gasteiger partial charge on any atom is -0.366 e. The van der Waals surface area contributed by atoms with E-state index in [1.165, 1.54) is 0 Å². The molecule has 1 N–H and O–H groups in total.